The first-order chi connectivity index (χ1) is 6.45. The molecular weight excluding hydrogens is 216 g/mol. The zero-order valence-corrected chi connectivity index (χ0v) is 7.86. The number of aromatic nitrogens is 1. The zero-order chi connectivity index (χ0) is 10.9. The van der Waals surface area contributed by atoms with Gasteiger partial charge >= 0.3 is 0 Å². The monoisotopic (exact) mass is 221 g/mol. The highest BCUT2D eigenvalue weighted by atomic mass is 35.5. The minimum atomic E-state index is -3.02. The van der Waals surface area contributed by atoms with Crippen LogP contribution in [-0.4, -0.2) is 10.2 Å². The van der Waals surface area contributed by atoms with Crippen LogP contribution in [0, 0.1) is 6.92 Å². The summed E-state index contributed by atoms with van der Waals surface area (Å²) in [6, 6.07) is 0. The fourth-order valence-corrected chi connectivity index (χ4v) is 1.18. The Labute approximate surface area is 82.7 Å². The van der Waals surface area contributed by atoms with Gasteiger partial charge in [0.05, 0.1) is 5.56 Å². The van der Waals surface area contributed by atoms with E-state index in [0.717, 1.165) is 0 Å². The minimum Gasteiger partial charge on any atom is -0.357 e. The number of rotatable bonds is 2. The summed E-state index contributed by atoms with van der Waals surface area (Å²) in [6.45, 7) is 1.37. The molecular formula is C8H6ClF2NO2. The van der Waals surface area contributed by atoms with E-state index in [-0.39, 0.29) is 5.56 Å². The van der Waals surface area contributed by atoms with Crippen LogP contribution in [0.15, 0.2) is 11.0 Å². The molecule has 1 aromatic heterocycles. The van der Waals surface area contributed by atoms with Crippen LogP contribution < -0.4 is 5.43 Å². The van der Waals surface area contributed by atoms with Crippen molar-refractivity contribution in [3.63, 3.8) is 0 Å². The van der Waals surface area contributed by atoms with E-state index in [1.54, 1.807) is 0 Å². The Kier molecular flexibility index (Phi) is 3.00. The van der Waals surface area contributed by atoms with Gasteiger partial charge in [0.15, 0.2) is 5.43 Å². The lowest BCUT2D eigenvalue weighted by atomic mass is 10.1. The first-order valence-corrected chi connectivity index (χ1v) is 4.03. The molecule has 0 aliphatic carbocycles. The van der Waals surface area contributed by atoms with E-state index in [1.807, 2.05) is 0 Å². The number of nitrogens with one attached hydrogen (secondary N) is 1. The quantitative estimate of drug-likeness (QED) is 0.777. The van der Waals surface area contributed by atoms with Gasteiger partial charge in [-0.05, 0) is 18.5 Å². The number of aryl methyl sites for hydroxylation is 1. The highest BCUT2D eigenvalue weighted by molar-refractivity contribution is 6.67. The lowest BCUT2D eigenvalue weighted by molar-refractivity contribution is 0.106. The Balaban J connectivity index is 3.54. The molecule has 0 aliphatic heterocycles. The summed E-state index contributed by atoms with van der Waals surface area (Å²) in [5.74, 6) is 0. The third-order valence-corrected chi connectivity index (χ3v) is 1.91. The van der Waals surface area contributed by atoms with Crippen molar-refractivity contribution in [2.24, 2.45) is 0 Å². The van der Waals surface area contributed by atoms with E-state index in [9.17, 15) is 18.4 Å². The number of hydrogen-bond donors (Lipinski definition) is 1. The van der Waals surface area contributed by atoms with Crippen molar-refractivity contribution >= 4 is 16.8 Å². The Morgan fingerprint density at radius 2 is 2.14 bits per heavy atom. The summed E-state index contributed by atoms with van der Waals surface area (Å²) >= 11 is 5.03. The molecule has 0 amide bonds. The summed E-state index contributed by atoms with van der Waals surface area (Å²) in [5, 5.41) is -1.10. The summed E-state index contributed by atoms with van der Waals surface area (Å²) in [7, 11) is 0. The number of carbonyl (C=O) groups is 1. The number of hydrogen-bond acceptors (Lipinski definition) is 2. The molecule has 76 valence electrons. The van der Waals surface area contributed by atoms with Crippen molar-refractivity contribution in [1.82, 2.24) is 4.98 Å². The Morgan fingerprint density at radius 3 is 2.57 bits per heavy atom. The topological polar surface area (TPSA) is 49.9 Å². The molecule has 3 nitrogen and oxygen atoms in total. The first kappa shape index (κ1) is 10.8. The van der Waals surface area contributed by atoms with E-state index in [2.05, 4.69) is 4.98 Å². The molecule has 1 heterocycles. The molecule has 0 atom stereocenters. The smallest absolute Gasteiger partial charge is 0.269 e. The highest BCUT2D eigenvalue weighted by Gasteiger charge is 2.22. The van der Waals surface area contributed by atoms with Crippen molar-refractivity contribution < 1.29 is 13.6 Å². The van der Waals surface area contributed by atoms with Gasteiger partial charge in [-0.25, -0.2) is 8.78 Å². The number of alkyl halides is 2. The van der Waals surface area contributed by atoms with Crippen LogP contribution in [0.25, 0.3) is 0 Å². The average Bonchev–Trinajstić information content (AvgIpc) is 2.08. The van der Waals surface area contributed by atoms with Crippen LogP contribution in [-0.2, 0) is 0 Å². The molecule has 0 unspecified atom stereocenters. The van der Waals surface area contributed by atoms with Crippen molar-refractivity contribution in [2.75, 3.05) is 0 Å². The van der Waals surface area contributed by atoms with Crippen LogP contribution in [0.1, 0.15) is 28.0 Å². The van der Waals surface area contributed by atoms with Gasteiger partial charge in [0.1, 0.15) is 5.69 Å². The summed E-state index contributed by atoms with van der Waals surface area (Å²) in [4.78, 5) is 24.2. The van der Waals surface area contributed by atoms with Gasteiger partial charge in [0.2, 0.25) is 0 Å². The van der Waals surface area contributed by atoms with Gasteiger partial charge in [-0.1, -0.05) is 0 Å². The third kappa shape index (κ3) is 1.82. The maximum absolute atomic E-state index is 12.4. The fourth-order valence-electron chi connectivity index (χ4n) is 1.02. The largest absolute Gasteiger partial charge is 0.357 e. The predicted molar refractivity (Wildman–Crippen MR) is 46.9 cm³/mol. The van der Waals surface area contributed by atoms with Crippen LogP contribution >= 0.6 is 11.6 Å². The SMILES string of the molecule is Cc1c[nH]c(C(=O)Cl)c(C(F)F)c1=O. The normalized spacial score (nSPS) is 10.6. The Hall–Kier alpha value is -1.23. The van der Waals surface area contributed by atoms with E-state index in [1.165, 1.54) is 13.1 Å². The highest BCUT2D eigenvalue weighted by Crippen LogP contribution is 2.19. The molecule has 0 aromatic carbocycles. The number of pyridine rings is 1. The van der Waals surface area contributed by atoms with Crippen LogP contribution in [0.4, 0.5) is 8.78 Å². The van der Waals surface area contributed by atoms with Gasteiger partial charge in [-0.3, -0.25) is 9.59 Å². The van der Waals surface area contributed by atoms with Gasteiger partial charge < -0.3 is 4.98 Å². The molecule has 6 heteroatoms. The maximum Gasteiger partial charge on any atom is 0.269 e. The van der Waals surface area contributed by atoms with E-state index < -0.39 is 28.4 Å². The Bertz CT molecular complexity index is 428. The second-order valence-corrected chi connectivity index (χ2v) is 3.01. The second-order valence-electron chi connectivity index (χ2n) is 2.66. The molecule has 1 N–H and O–H groups in total. The van der Waals surface area contributed by atoms with Crippen LogP contribution in [0.5, 0.6) is 0 Å². The van der Waals surface area contributed by atoms with Crippen molar-refractivity contribution in [3.8, 4) is 0 Å². The maximum atomic E-state index is 12.4. The minimum absolute atomic E-state index is 0.113. The molecule has 0 saturated carbocycles. The lowest BCUT2D eigenvalue weighted by Crippen LogP contribution is -2.18. The predicted octanol–water partition coefficient (Wildman–Crippen LogP) is 2.00. The number of H-pyrrole nitrogens is 1. The van der Waals surface area contributed by atoms with E-state index in [0.29, 0.717) is 0 Å². The van der Waals surface area contributed by atoms with Crippen LogP contribution in [0.3, 0.4) is 0 Å². The second kappa shape index (κ2) is 3.88. The summed E-state index contributed by atoms with van der Waals surface area (Å²) in [6.07, 6.45) is -1.85. The van der Waals surface area contributed by atoms with Gasteiger partial charge in [0, 0.05) is 11.8 Å². The fraction of sp³-hybridized carbons (Fsp3) is 0.250. The molecule has 14 heavy (non-hydrogen) atoms. The molecule has 0 radical (unpaired) electrons. The van der Waals surface area contributed by atoms with Gasteiger partial charge in [-0.2, -0.15) is 0 Å². The van der Waals surface area contributed by atoms with Gasteiger partial charge in [0.25, 0.3) is 11.7 Å². The van der Waals surface area contributed by atoms with Crippen LogP contribution in [0.2, 0.25) is 0 Å². The summed E-state index contributed by atoms with van der Waals surface area (Å²) < 4.78 is 24.8. The Morgan fingerprint density at radius 1 is 1.57 bits per heavy atom. The first-order valence-electron chi connectivity index (χ1n) is 3.65. The van der Waals surface area contributed by atoms with Crippen molar-refractivity contribution in [1.29, 1.82) is 0 Å². The zero-order valence-electron chi connectivity index (χ0n) is 7.11. The summed E-state index contributed by atoms with van der Waals surface area (Å²) in [5.41, 5.74) is -2.16. The lowest BCUT2D eigenvalue weighted by Gasteiger charge is -2.04. The van der Waals surface area contributed by atoms with Gasteiger partial charge in [-0.15, -0.1) is 0 Å². The molecule has 1 rings (SSSR count). The molecule has 1 aromatic rings. The molecule has 0 spiro atoms. The van der Waals surface area contributed by atoms with E-state index >= 15 is 0 Å². The molecule has 0 fully saturated rings. The van der Waals surface area contributed by atoms with Crippen molar-refractivity contribution in [2.45, 2.75) is 13.3 Å². The number of carbonyl (C=O) groups excluding carboxylic acids is 1. The molecule has 0 aliphatic rings. The number of aromatic amines is 1. The third-order valence-electron chi connectivity index (χ3n) is 1.72. The van der Waals surface area contributed by atoms with E-state index in [4.69, 9.17) is 11.6 Å². The molecule has 0 saturated heterocycles. The average molecular weight is 222 g/mol. The number of halogens is 3. The van der Waals surface area contributed by atoms with Crippen molar-refractivity contribution in [3.05, 3.63) is 33.2 Å². The molecule has 0 bridgehead atoms. The standard InChI is InChI=1S/C8H6ClF2NO2/c1-3-2-12-5(7(9)14)4(6(3)13)8(10)11/h2,8H,1H3,(H,12,13).